The molecule has 1 aromatic rings. The van der Waals surface area contributed by atoms with Gasteiger partial charge in [-0.3, -0.25) is 0 Å². The smallest absolute Gasteiger partial charge is 0.137 e. The van der Waals surface area contributed by atoms with E-state index >= 15 is 0 Å². The highest BCUT2D eigenvalue weighted by molar-refractivity contribution is 5.32. The zero-order chi connectivity index (χ0) is 20.8. The molecule has 0 heterocycles. The monoisotopic (exact) mass is 652 g/mol. The number of halogens is 2. The molecule has 0 radical (unpaired) electrons. The minimum Gasteiger partial charge on any atom is -1.00 e. The van der Waals surface area contributed by atoms with Crippen molar-refractivity contribution < 1.29 is 78.3 Å². The van der Waals surface area contributed by atoms with E-state index in [-0.39, 0.29) is 61.2 Å². The Kier molecular flexibility index (Phi) is 21.3. The second kappa shape index (κ2) is 19.8. The second-order valence-corrected chi connectivity index (χ2v) is 7.50. The highest BCUT2D eigenvalue weighted by Crippen LogP contribution is 2.19. The standard InChI is InChI=1S/C22H40N2O4.2HI/c1-5-17(6-2)23-13-19(25)15-27-21-10-9-11-22(12-21)28-16-20(26)14-24-18(7-3)8-4;;/h9-12,17-20,23-26H,5-8,13-16H2,1-4H3;2*1H. The minimum absolute atomic E-state index is 0. The van der Waals surface area contributed by atoms with Crippen LogP contribution in [0.4, 0.5) is 0 Å². The Balaban J connectivity index is 0. The molecule has 2 unspecified atom stereocenters. The summed E-state index contributed by atoms with van der Waals surface area (Å²) in [6, 6.07) is 8.47. The molecule has 0 spiro atoms. The summed E-state index contributed by atoms with van der Waals surface area (Å²) in [4.78, 5) is 0. The molecule has 0 fully saturated rings. The molecule has 0 aliphatic rings. The van der Waals surface area contributed by atoms with Crippen molar-refractivity contribution in [2.45, 2.75) is 77.7 Å². The summed E-state index contributed by atoms with van der Waals surface area (Å²) < 4.78 is 11.4. The topological polar surface area (TPSA) is 92.1 Å². The molecule has 8 heteroatoms. The molecule has 6 nitrogen and oxygen atoms in total. The highest BCUT2D eigenvalue weighted by atomic mass is 127. The average Bonchev–Trinajstić information content (AvgIpc) is 2.72. The van der Waals surface area contributed by atoms with E-state index < -0.39 is 12.2 Å². The maximum Gasteiger partial charge on any atom is 0.137 e. The molecule has 6 N–H and O–H groups in total. The Morgan fingerprint density at radius 2 is 1.10 bits per heavy atom. The van der Waals surface area contributed by atoms with E-state index in [0.29, 0.717) is 36.7 Å². The van der Waals surface area contributed by atoms with Gasteiger partial charge in [0, 0.05) is 6.07 Å². The van der Waals surface area contributed by atoms with Gasteiger partial charge in [0.15, 0.2) is 0 Å². The van der Waals surface area contributed by atoms with Crippen molar-refractivity contribution in [3.8, 4) is 11.5 Å². The highest BCUT2D eigenvalue weighted by Gasteiger charge is 2.14. The lowest BCUT2D eigenvalue weighted by molar-refractivity contribution is -0.695. The molecule has 2 atom stereocenters. The van der Waals surface area contributed by atoms with Gasteiger partial charge in [-0.1, -0.05) is 33.8 Å². The summed E-state index contributed by atoms with van der Waals surface area (Å²) in [6.45, 7) is 10.5. The van der Waals surface area contributed by atoms with E-state index in [1.165, 1.54) is 0 Å². The number of aliphatic hydroxyl groups is 2. The van der Waals surface area contributed by atoms with E-state index in [2.05, 4.69) is 38.3 Å². The maximum absolute atomic E-state index is 10.1. The van der Waals surface area contributed by atoms with Crippen molar-refractivity contribution >= 4 is 0 Å². The Hall–Kier alpha value is 0.120. The second-order valence-electron chi connectivity index (χ2n) is 7.50. The Labute approximate surface area is 216 Å². The van der Waals surface area contributed by atoms with Crippen LogP contribution in [-0.2, 0) is 0 Å². The van der Waals surface area contributed by atoms with Gasteiger partial charge in [-0.2, -0.15) is 0 Å². The zero-order valence-corrected chi connectivity index (χ0v) is 23.2. The van der Waals surface area contributed by atoms with Gasteiger partial charge in [0.25, 0.3) is 0 Å². The van der Waals surface area contributed by atoms with Crippen molar-refractivity contribution in [3.63, 3.8) is 0 Å². The molecule has 0 saturated heterocycles. The summed E-state index contributed by atoms with van der Waals surface area (Å²) in [7, 11) is 0. The summed E-state index contributed by atoms with van der Waals surface area (Å²) in [5.41, 5.74) is 0. The molecular formula is C22H42I2N2O4. The van der Waals surface area contributed by atoms with E-state index in [4.69, 9.17) is 9.47 Å². The number of ether oxygens (including phenoxy) is 2. The fraction of sp³-hybridized carbons (Fsp3) is 0.727. The van der Waals surface area contributed by atoms with Crippen LogP contribution in [-0.4, -0.2) is 60.8 Å². The van der Waals surface area contributed by atoms with Crippen LogP contribution in [0, 0.1) is 0 Å². The zero-order valence-electron chi connectivity index (χ0n) is 18.9. The van der Waals surface area contributed by atoms with Crippen LogP contribution in [0.2, 0.25) is 0 Å². The summed E-state index contributed by atoms with van der Waals surface area (Å²) in [5.74, 6) is 1.33. The van der Waals surface area contributed by atoms with Crippen LogP contribution in [0.3, 0.4) is 0 Å². The molecule has 0 amide bonds. The Morgan fingerprint density at radius 1 is 0.733 bits per heavy atom. The van der Waals surface area contributed by atoms with Crippen LogP contribution in [0.1, 0.15) is 53.4 Å². The van der Waals surface area contributed by atoms with Gasteiger partial charge in [-0.15, -0.1) is 0 Å². The number of nitrogens with two attached hydrogens (primary N) is 2. The van der Waals surface area contributed by atoms with Gasteiger partial charge in [-0.25, -0.2) is 0 Å². The fourth-order valence-corrected chi connectivity index (χ4v) is 3.12. The van der Waals surface area contributed by atoms with Crippen LogP contribution >= 0.6 is 0 Å². The third-order valence-corrected chi connectivity index (χ3v) is 5.27. The molecule has 30 heavy (non-hydrogen) atoms. The van der Waals surface area contributed by atoms with Crippen LogP contribution in [0.15, 0.2) is 24.3 Å². The van der Waals surface area contributed by atoms with Crippen LogP contribution in [0.25, 0.3) is 0 Å². The van der Waals surface area contributed by atoms with Gasteiger partial charge in [0.2, 0.25) is 0 Å². The van der Waals surface area contributed by atoms with Gasteiger partial charge in [0.05, 0.1) is 12.1 Å². The van der Waals surface area contributed by atoms with Crippen molar-refractivity contribution in [1.82, 2.24) is 0 Å². The van der Waals surface area contributed by atoms with Crippen molar-refractivity contribution in [3.05, 3.63) is 24.3 Å². The molecule has 178 valence electrons. The lowest BCUT2D eigenvalue weighted by atomic mass is 10.1. The number of hydrogen-bond acceptors (Lipinski definition) is 4. The third-order valence-electron chi connectivity index (χ3n) is 5.27. The fourth-order valence-electron chi connectivity index (χ4n) is 3.12. The van der Waals surface area contributed by atoms with E-state index in [0.717, 1.165) is 25.7 Å². The SMILES string of the molecule is CCC(CC)[NH2+]CC(O)COc1cccc(OCC(O)C[NH2+]C(CC)CC)c1.[I-].[I-]. The number of rotatable bonds is 16. The first-order chi connectivity index (χ1) is 13.5. The minimum atomic E-state index is -0.507. The quantitative estimate of drug-likeness (QED) is 0.135. The van der Waals surface area contributed by atoms with Crippen molar-refractivity contribution in [2.24, 2.45) is 0 Å². The number of quaternary nitrogens is 2. The van der Waals surface area contributed by atoms with Gasteiger partial charge in [-0.05, 0) is 37.8 Å². The first-order valence-corrected chi connectivity index (χ1v) is 10.9. The lowest BCUT2D eigenvalue weighted by Crippen LogP contribution is -3.00. The molecule has 0 aliphatic heterocycles. The van der Waals surface area contributed by atoms with E-state index in [1.807, 2.05) is 18.2 Å². The Bertz CT molecular complexity index is 476. The number of aliphatic hydroxyl groups excluding tert-OH is 2. The van der Waals surface area contributed by atoms with Gasteiger partial charge >= 0.3 is 0 Å². The lowest BCUT2D eigenvalue weighted by Gasteiger charge is -2.17. The maximum atomic E-state index is 10.1. The normalized spacial score (nSPS) is 12.8. The predicted molar refractivity (Wildman–Crippen MR) is 112 cm³/mol. The molecule has 0 aliphatic carbocycles. The van der Waals surface area contributed by atoms with E-state index in [1.54, 1.807) is 6.07 Å². The van der Waals surface area contributed by atoms with Crippen molar-refractivity contribution in [2.75, 3.05) is 26.3 Å². The Morgan fingerprint density at radius 3 is 1.43 bits per heavy atom. The summed E-state index contributed by atoms with van der Waals surface area (Å²) in [5, 5.41) is 24.6. The van der Waals surface area contributed by atoms with Gasteiger partial charge < -0.3 is 78.3 Å². The first-order valence-electron chi connectivity index (χ1n) is 10.9. The molecule has 0 bridgehead atoms. The van der Waals surface area contributed by atoms with Crippen LogP contribution < -0.4 is 68.1 Å². The average molecular weight is 652 g/mol. The van der Waals surface area contributed by atoms with Gasteiger partial charge in [0.1, 0.15) is 50.0 Å². The van der Waals surface area contributed by atoms with Crippen LogP contribution in [0.5, 0.6) is 11.5 Å². The molecule has 1 aromatic carbocycles. The molecule has 0 aromatic heterocycles. The largest absolute Gasteiger partial charge is 1.00 e. The molecule has 1 rings (SSSR count). The predicted octanol–water partition coefficient (Wildman–Crippen LogP) is -5.32. The first kappa shape index (κ1) is 32.3. The number of hydrogen-bond donors (Lipinski definition) is 4. The van der Waals surface area contributed by atoms with E-state index in [9.17, 15) is 10.2 Å². The number of benzene rings is 1. The summed E-state index contributed by atoms with van der Waals surface area (Å²) >= 11 is 0. The molecule has 0 saturated carbocycles. The van der Waals surface area contributed by atoms with Crippen molar-refractivity contribution in [1.29, 1.82) is 0 Å². The summed E-state index contributed by atoms with van der Waals surface area (Å²) in [6.07, 6.45) is 3.39. The third kappa shape index (κ3) is 14.2. The molecular weight excluding hydrogens is 610 g/mol.